The number of carbonyl (C=O) groups excluding carboxylic acids is 1. The van der Waals surface area contributed by atoms with Crippen molar-refractivity contribution in [2.24, 2.45) is 7.05 Å². The highest BCUT2D eigenvalue weighted by molar-refractivity contribution is 6.30. The first-order valence-electron chi connectivity index (χ1n) is 6.87. The highest BCUT2D eigenvalue weighted by Crippen LogP contribution is 2.18. The molecule has 0 aliphatic heterocycles. The van der Waals surface area contributed by atoms with Gasteiger partial charge in [-0.05, 0) is 30.2 Å². The van der Waals surface area contributed by atoms with E-state index in [4.69, 9.17) is 11.6 Å². The molecule has 2 amide bonds. The summed E-state index contributed by atoms with van der Waals surface area (Å²) < 4.78 is 1.73. The van der Waals surface area contributed by atoms with Gasteiger partial charge in [-0.25, -0.2) is 4.79 Å². The van der Waals surface area contributed by atoms with E-state index in [1.165, 1.54) is 0 Å². The number of hydrogen-bond donors (Lipinski definition) is 2. The molecule has 1 unspecified atom stereocenters. The Balaban J connectivity index is 1.90. The van der Waals surface area contributed by atoms with Crippen molar-refractivity contribution in [2.45, 2.75) is 25.9 Å². The van der Waals surface area contributed by atoms with Gasteiger partial charge in [0.25, 0.3) is 0 Å². The number of rotatable bonds is 5. The van der Waals surface area contributed by atoms with Gasteiger partial charge in [-0.3, -0.25) is 4.68 Å². The first-order valence-corrected chi connectivity index (χ1v) is 7.24. The van der Waals surface area contributed by atoms with Crippen LogP contribution in [0.1, 0.15) is 30.6 Å². The van der Waals surface area contributed by atoms with Crippen LogP contribution in [0.25, 0.3) is 0 Å². The van der Waals surface area contributed by atoms with E-state index >= 15 is 0 Å². The van der Waals surface area contributed by atoms with E-state index in [1.807, 2.05) is 44.3 Å². The van der Waals surface area contributed by atoms with E-state index < -0.39 is 0 Å². The number of halogens is 1. The minimum absolute atomic E-state index is 0.0335. The molecule has 1 aromatic carbocycles. The molecule has 1 atom stereocenters. The molecule has 0 fully saturated rings. The van der Waals surface area contributed by atoms with Crippen molar-refractivity contribution in [3.63, 3.8) is 0 Å². The number of nitrogens with zero attached hydrogens (tertiary/aromatic N) is 2. The maximum absolute atomic E-state index is 12.0. The van der Waals surface area contributed by atoms with Crippen LogP contribution in [0, 0.1) is 0 Å². The summed E-state index contributed by atoms with van der Waals surface area (Å²) in [6.45, 7) is 2.47. The third-order valence-corrected chi connectivity index (χ3v) is 3.59. The van der Waals surface area contributed by atoms with Crippen molar-refractivity contribution in [1.29, 1.82) is 0 Å². The fraction of sp³-hybridized carbons (Fsp3) is 0.333. The number of aromatic nitrogens is 2. The van der Waals surface area contributed by atoms with Crippen LogP contribution in [0.3, 0.4) is 0 Å². The van der Waals surface area contributed by atoms with Crippen molar-refractivity contribution in [3.05, 3.63) is 52.8 Å². The van der Waals surface area contributed by atoms with Gasteiger partial charge in [0.1, 0.15) is 0 Å². The molecule has 0 aliphatic carbocycles. The average molecular weight is 307 g/mol. The lowest BCUT2D eigenvalue weighted by Gasteiger charge is -2.18. The summed E-state index contributed by atoms with van der Waals surface area (Å²) in [7, 11) is 1.84. The number of aryl methyl sites for hydroxylation is 1. The van der Waals surface area contributed by atoms with Crippen LogP contribution in [0.15, 0.2) is 36.5 Å². The molecule has 112 valence electrons. The molecule has 0 bridgehead atoms. The Morgan fingerprint density at radius 1 is 1.33 bits per heavy atom. The predicted octanol–water partition coefficient (Wildman–Crippen LogP) is 3.02. The van der Waals surface area contributed by atoms with E-state index in [2.05, 4.69) is 15.7 Å². The second kappa shape index (κ2) is 7.13. The number of benzene rings is 1. The highest BCUT2D eigenvalue weighted by Gasteiger charge is 2.12. The molecule has 5 nitrogen and oxygen atoms in total. The van der Waals surface area contributed by atoms with Gasteiger partial charge in [0.15, 0.2) is 0 Å². The van der Waals surface area contributed by atoms with Crippen molar-refractivity contribution >= 4 is 17.6 Å². The summed E-state index contributed by atoms with van der Waals surface area (Å²) in [5, 5.41) is 10.5. The molecule has 0 saturated heterocycles. The van der Waals surface area contributed by atoms with Crippen LogP contribution >= 0.6 is 11.6 Å². The Labute approximate surface area is 129 Å². The summed E-state index contributed by atoms with van der Waals surface area (Å²) in [6.07, 6.45) is 2.51. The number of nitrogens with one attached hydrogen (secondary N) is 2. The van der Waals surface area contributed by atoms with Crippen molar-refractivity contribution in [3.8, 4) is 0 Å². The van der Waals surface area contributed by atoms with Gasteiger partial charge in [-0.1, -0.05) is 30.7 Å². The summed E-state index contributed by atoms with van der Waals surface area (Å²) in [4.78, 5) is 12.0. The maximum Gasteiger partial charge on any atom is 0.315 e. The number of carbonyl (C=O) groups is 1. The quantitative estimate of drug-likeness (QED) is 0.892. The Morgan fingerprint density at radius 2 is 2.05 bits per heavy atom. The maximum atomic E-state index is 12.0. The van der Waals surface area contributed by atoms with Gasteiger partial charge >= 0.3 is 6.03 Å². The number of amides is 2. The third kappa shape index (κ3) is 4.23. The van der Waals surface area contributed by atoms with Crippen LogP contribution in [-0.2, 0) is 13.6 Å². The third-order valence-electron chi connectivity index (χ3n) is 3.34. The minimum Gasteiger partial charge on any atom is -0.333 e. The zero-order valence-corrected chi connectivity index (χ0v) is 12.9. The van der Waals surface area contributed by atoms with Gasteiger partial charge in [0.05, 0.1) is 18.3 Å². The van der Waals surface area contributed by atoms with Crippen molar-refractivity contribution in [2.75, 3.05) is 0 Å². The summed E-state index contributed by atoms with van der Waals surface area (Å²) in [6, 6.07) is 9.16. The monoisotopic (exact) mass is 306 g/mol. The lowest BCUT2D eigenvalue weighted by Crippen LogP contribution is -2.37. The van der Waals surface area contributed by atoms with Crippen LogP contribution in [-0.4, -0.2) is 15.8 Å². The smallest absolute Gasteiger partial charge is 0.315 e. The summed E-state index contributed by atoms with van der Waals surface area (Å²) in [5.41, 5.74) is 1.99. The lowest BCUT2D eigenvalue weighted by molar-refractivity contribution is 0.236. The number of hydrogen-bond acceptors (Lipinski definition) is 2. The topological polar surface area (TPSA) is 59.0 Å². The van der Waals surface area contributed by atoms with Crippen molar-refractivity contribution < 1.29 is 4.79 Å². The first-order chi connectivity index (χ1) is 10.1. The first kappa shape index (κ1) is 15.4. The van der Waals surface area contributed by atoms with Crippen LogP contribution in [0.5, 0.6) is 0 Å². The molecule has 0 aliphatic rings. The second-order valence-corrected chi connectivity index (χ2v) is 5.22. The Morgan fingerprint density at radius 3 is 2.62 bits per heavy atom. The fourth-order valence-electron chi connectivity index (χ4n) is 2.07. The molecule has 2 aromatic rings. The Hall–Kier alpha value is -2.01. The van der Waals surface area contributed by atoms with Gasteiger partial charge in [-0.15, -0.1) is 0 Å². The predicted molar refractivity (Wildman–Crippen MR) is 83.1 cm³/mol. The lowest BCUT2D eigenvalue weighted by atomic mass is 10.1. The summed E-state index contributed by atoms with van der Waals surface area (Å²) >= 11 is 5.88. The standard InChI is InChI=1S/C15H19ClN4O/c1-3-14(11-4-6-12(16)7-5-11)19-15(21)17-10-13-8-9-18-20(13)2/h4-9,14H,3,10H2,1-2H3,(H2,17,19,21). The zero-order chi connectivity index (χ0) is 15.2. The van der Waals surface area contributed by atoms with Crippen LogP contribution < -0.4 is 10.6 Å². The van der Waals surface area contributed by atoms with Gasteiger partial charge < -0.3 is 10.6 Å². The van der Waals surface area contributed by atoms with E-state index in [-0.39, 0.29) is 12.1 Å². The molecule has 0 radical (unpaired) electrons. The van der Waals surface area contributed by atoms with Crippen LogP contribution in [0.4, 0.5) is 4.79 Å². The van der Waals surface area contributed by atoms with Gasteiger partial charge in [0.2, 0.25) is 0 Å². The van der Waals surface area contributed by atoms with Gasteiger partial charge in [0, 0.05) is 18.3 Å². The molecule has 6 heteroatoms. The van der Waals surface area contributed by atoms with Gasteiger partial charge in [-0.2, -0.15) is 5.10 Å². The molecule has 21 heavy (non-hydrogen) atoms. The van der Waals surface area contributed by atoms with E-state index in [1.54, 1.807) is 10.9 Å². The van der Waals surface area contributed by atoms with Crippen LogP contribution in [0.2, 0.25) is 5.02 Å². The minimum atomic E-state index is -0.196. The van der Waals surface area contributed by atoms with E-state index in [9.17, 15) is 4.79 Å². The normalized spacial score (nSPS) is 12.0. The Kier molecular flexibility index (Phi) is 5.22. The summed E-state index contributed by atoms with van der Waals surface area (Å²) in [5.74, 6) is 0. The highest BCUT2D eigenvalue weighted by atomic mass is 35.5. The van der Waals surface area contributed by atoms with E-state index in [0.717, 1.165) is 17.7 Å². The molecule has 1 aromatic heterocycles. The average Bonchev–Trinajstić information content (AvgIpc) is 2.89. The zero-order valence-electron chi connectivity index (χ0n) is 12.1. The molecule has 2 N–H and O–H groups in total. The van der Waals surface area contributed by atoms with E-state index in [0.29, 0.717) is 11.6 Å². The molecule has 2 rings (SSSR count). The molecular weight excluding hydrogens is 288 g/mol. The molecule has 0 saturated carbocycles. The second-order valence-electron chi connectivity index (χ2n) is 4.79. The fourth-order valence-corrected chi connectivity index (χ4v) is 2.20. The largest absolute Gasteiger partial charge is 0.333 e. The molecule has 0 spiro atoms. The molecular formula is C15H19ClN4O. The SMILES string of the molecule is CCC(NC(=O)NCc1ccnn1C)c1ccc(Cl)cc1. The Bertz CT molecular complexity index is 594. The number of urea groups is 1. The molecule has 1 heterocycles. The van der Waals surface area contributed by atoms with Crippen molar-refractivity contribution in [1.82, 2.24) is 20.4 Å².